The number of hydrogen-bond donors (Lipinski definition) is 0. The largest absolute Gasteiger partial charge is 0.382 e. The summed E-state index contributed by atoms with van der Waals surface area (Å²) < 4.78 is 13.3. The van der Waals surface area contributed by atoms with Crippen LogP contribution < -0.4 is 0 Å². The lowest BCUT2D eigenvalue weighted by Gasteiger charge is -2.23. The third-order valence-corrected chi connectivity index (χ3v) is 4.36. The van der Waals surface area contributed by atoms with E-state index < -0.39 is 6.10 Å². The summed E-state index contributed by atoms with van der Waals surface area (Å²) in [6.45, 7) is 1.75. The third-order valence-electron chi connectivity index (χ3n) is 4.36. The second-order valence-electron chi connectivity index (χ2n) is 6.09. The van der Waals surface area contributed by atoms with Crippen molar-refractivity contribution in [1.29, 1.82) is 0 Å². The number of likely N-dealkylation sites (tertiary alicyclic amines) is 1. The summed E-state index contributed by atoms with van der Waals surface area (Å²) in [7, 11) is 1.69. The molecule has 1 unspecified atom stereocenters. The van der Waals surface area contributed by atoms with Crippen LogP contribution in [0.1, 0.15) is 24.8 Å². The fourth-order valence-corrected chi connectivity index (χ4v) is 2.92. The zero-order chi connectivity index (χ0) is 17.1. The van der Waals surface area contributed by atoms with E-state index >= 15 is 0 Å². The summed E-state index contributed by atoms with van der Waals surface area (Å²) in [4.78, 5) is 32.6. The van der Waals surface area contributed by atoms with Gasteiger partial charge in [-0.15, -0.1) is 0 Å². The standard InChI is InChI=1S/C17H20FN3O3/c1-20(8-9-21-7-3-6-16(21)22)17(23)15-11-14(19-24-15)12-4-2-5-13(18)10-12/h2,4-5,10,15H,3,6-9,11H2,1H3. The van der Waals surface area contributed by atoms with E-state index in [9.17, 15) is 14.0 Å². The molecule has 128 valence electrons. The Morgan fingerprint density at radius 3 is 3.04 bits per heavy atom. The van der Waals surface area contributed by atoms with Crippen molar-refractivity contribution in [2.24, 2.45) is 5.16 Å². The maximum absolute atomic E-state index is 13.3. The van der Waals surface area contributed by atoms with Crippen LogP contribution in [0.5, 0.6) is 0 Å². The molecule has 0 radical (unpaired) electrons. The van der Waals surface area contributed by atoms with E-state index in [1.165, 1.54) is 12.1 Å². The fourth-order valence-electron chi connectivity index (χ4n) is 2.92. The van der Waals surface area contributed by atoms with Crippen molar-refractivity contribution in [3.8, 4) is 0 Å². The van der Waals surface area contributed by atoms with Crippen LogP contribution in [0, 0.1) is 5.82 Å². The lowest BCUT2D eigenvalue weighted by molar-refractivity contribution is -0.141. The minimum Gasteiger partial charge on any atom is -0.382 e. The predicted molar refractivity (Wildman–Crippen MR) is 85.9 cm³/mol. The zero-order valence-electron chi connectivity index (χ0n) is 13.6. The summed E-state index contributed by atoms with van der Waals surface area (Å²) in [6.07, 6.45) is 1.10. The number of hydrogen-bond acceptors (Lipinski definition) is 4. The molecule has 2 aliphatic rings. The number of likely N-dealkylation sites (N-methyl/N-ethyl adjacent to an activating group) is 1. The number of oxime groups is 1. The summed E-state index contributed by atoms with van der Waals surface area (Å²) in [5.41, 5.74) is 1.19. The molecular formula is C17H20FN3O3. The summed E-state index contributed by atoms with van der Waals surface area (Å²) in [5, 5.41) is 3.92. The Labute approximate surface area is 139 Å². The molecule has 0 bridgehead atoms. The van der Waals surface area contributed by atoms with E-state index in [-0.39, 0.29) is 17.6 Å². The van der Waals surface area contributed by atoms with Gasteiger partial charge in [-0.2, -0.15) is 0 Å². The molecule has 0 aliphatic carbocycles. The maximum Gasteiger partial charge on any atom is 0.266 e. The quantitative estimate of drug-likeness (QED) is 0.818. The second kappa shape index (κ2) is 6.98. The molecule has 6 nitrogen and oxygen atoms in total. The lowest BCUT2D eigenvalue weighted by Crippen LogP contribution is -2.41. The maximum atomic E-state index is 13.3. The minimum atomic E-state index is -0.692. The smallest absolute Gasteiger partial charge is 0.266 e. The molecule has 0 spiro atoms. The fraction of sp³-hybridized carbons (Fsp3) is 0.471. The van der Waals surface area contributed by atoms with Crippen LogP contribution in [0.4, 0.5) is 4.39 Å². The van der Waals surface area contributed by atoms with Crippen molar-refractivity contribution in [2.75, 3.05) is 26.7 Å². The Hall–Kier alpha value is -2.44. The van der Waals surface area contributed by atoms with Crippen LogP contribution in [0.15, 0.2) is 29.4 Å². The average molecular weight is 333 g/mol. The first-order valence-electron chi connectivity index (χ1n) is 8.06. The van der Waals surface area contributed by atoms with Crippen molar-refractivity contribution >= 4 is 17.5 Å². The van der Waals surface area contributed by atoms with E-state index in [2.05, 4.69) is 5.16 Å². The molecule has 1 aromatic carbocycles. The molecule has 1 aromatic rings. The normalized spacial score (nSPS) is 20.1. The molecule has 2 heterocycles. The van der Waals surface area contributed by atoms with E-state index in [0.29, 0.717) is 37.2 Å². The lowest BCUT2D eigenvalue weighted by atomic mass is 10.0. The Morgan fingerprint density at radius 2 is 2.33 bits per heavy atom. The van der Waals surface area contributed by atoms with Gasteiger partial charge >= 0.3 is 0 Å². The third kappa shape index (κ3) is 3.55. The molecule has 2 aliphatic heterocycles. The number of nitrogens with zero attached hydrogens (tertiary/aromatic N) is 3. The first-order valence-corrected chi connectivity index (χ1v) is 8.06. The number of carbonyl (C=O) groups is 2. The molecule has 1 atom stereocenters. The van der Waals surface area contributed by atoms with Gasteiger partial charge < -0.3 is 14.6 Å². The van der Waals surface area contributed by atoms with Crippen LogP contribution in [0.25, 0.3) is 0 Å². The van der Waals surface area contributed by atoms with Crippen LogP contribution >= 0.6 is 0 Å². The minimum absolute atomic E-state index is 0.143. The SMILES string of the molecule is CN(CCN1CCCC1=O)C(=O)C1CC(c2cccc(F)c2)=NO1. The van der Waals surface area contributed by atoms with Gasteiger partial charge in [0.05, 0.1) is 5.71 Å². The van der Waals surface area contributed by atoms with Gasteiger partial charge in [0.25, 0.3) is 5.91 Å². The number of halogens is 1. The van der Waals surface area contributed by atoms with E-state index in [1.54, 1.807) is 29.0 Å². The first-order chi connectivity index (χ1) is 11.5. The molecule has 0 saturated carbocycles. The van der Waals surface area contributed by atoms with E-state index in [1.807, 2.05) is 0 Å². The van der Waals surface area contributed by atoms with E-state index in [0.717, 1.165) is 13.0 Å². The molecule has 2 amide bonds. The van der Waals surface area contributed by atoms with Crippen molar-refractivity contribution in [1.82, 2.24) is 9.80 Å². The van der Waals surface area contributed by atoms with Gasteiger partial charge in [0.2, 0.25) is 12.0 Å². The van der Waals surface area contributed by atoms with Crippen molar-refractivity contribution in [3.63, 3.8) is 0 Å². The molecular weight excluding hydrogens is 313 g/mol. The second-order valence-corrected chi connectivity index (χ2v) is 6.09. The van der Waals surface area contributed by atoms with Crippen molar-refractivity contribution < 1.29 is 18.8 Å². The molecule has 7 heteroatoms. The first kappa shape index (κ1) is 16.4. The Bertz CT molecular complexity index is 677. The molecule has 24 heavy (non-hydrogen) atoms. The van der Waals surface area contributed by atoms with Crippen LogP contribution in [0.2, 0.25) is 0 Å². The molecule has 3 rings (SSSR count). The highest BCUT2D eigenvalue weighted by Gasteiger charge is 2.31. The summed E-state index contributed by atoms with van der Waals surface area (Å²) in [6, 6.07) is 6.07. The Balaban J connectivity index is 1.52. The van der Waals surface area contributed by atoms with Crippen molar-refractivity contribution in [3.05, 3.63) is 35.6 Å². The van der Waals surface area contributed by atoms with Gasteiger partial charge in [-0.3, -0.25) is 9.59 Å². The Kier molecular flexibility index (Phi) is 4.78. The highest BCUT2D eigenvalue weighted by Crippen LogP contribution is 2.19. The highest BCUT2D eigenvalue weighted by molar-refractivity contribution is 6.04. The molecule has 0 N–H and O–H groups in total. The zero-order valence-corrected chi connectivity index (χ0v) is 13.6. The van der Waals surface area contributed by atoms with Gasteiger partial charge in [-0.05, 0) is 18.6 Å². The summed E-state index contributed by atoms with van der Waals surface area (Å²) in [5.74, 6) is -0.390. The van der Waals surface area contributed by atoms with Gasteiger partial charge in [0, 0.05) is 45.1 Å². The van der Waals surface area contributed by atoms with Crippen LogP contribution in [0.3, 0.4) is 0 Å². The molecule has 1 saturated heterocycles. The van der Waals surface area contributed by atoms with Gasteiger partial charge in [-0.25, -0.2) is 4.39 Å². The van der Waals surface area contributed by atoms with Crippen molar-refractivity contribution in [2.45, 2.75) is 25.4 Å². The molecule has 0 aromatic heterocycles. The monoisotopic (exact) mass is 333 g/mol. The topological polar surface area (TPSA) is 62.2 Å². The van der Waals surface area contributed by atoms with Gasteiger partial charge in [0.15, 0.2) is 0 Å². The Morgan fingerprint density at radius 1 is 1.50 bits per heavy atom. The number of benzene rings is 1. The van der Waals surface area contributed by atoms with E-state index in [4.69, 9.17) is 4.84 Å². The number of carbonyl (C=O) groups excluding carboxylic acids is 2. The average Bonchev–Trinajstić information content (AvgIpc) is 3.21. The number of rotatable bonds is 5. The van der Waals surface area contributed by atoms with Gasteiger partial charge in [0.1, 0.15) is 5.82 Å². The van der Waals surface area contributed by atoms with Crippen LogP contribution in [-0.4, -0.2) is 60.1 Å². The summed E-state index contributed by atoms with van der Waals surface area (Å²) >= 11 is 0. The van der Waals surface area contributed by atoms with Crippen LogP contribution in [-0.2, 0) is 14.4 Å². The molecule has 1 fully saturated rings. The highest BCUT2D eigenvalue weighted by atomic mass is 19.1. The van der Waals surface area contributed by atoms with Gasteiger partial charge in [-0.1, -0.05) is 17.3 Å². The number of amides is 2. The predicted octanol–water partition coefficient (Wildman–Crippen LogP) is 1.40.